The molecule has 1 aliphatic rings. The Morgan fingerprint density at radius 1 is 1.32 bits per heavy atom. The van der Waals surface area contributed by atoms with Crippen molar-refractivity contribution in [3.8, 4) is 0 Å². The summed E-state index contributed by atoms with van der Waals surface area (Å²) >= 11 is 0. The van der Waals surface area contributed by atoms with Crippen LogP contribution in [-0.2, 0) is 0 Å². The molecule has 1 fully saturated rings. The van der Waals surface area contributed by atoms with Crippen molar-refractivity contribution < 1.29 is 4.79 Å². The largest absolute Gasteiger partial charge is 0.335 e. The molecule has 1 aliphatic heterocycles. The van der Waals surface area contributed by atoms with E-state index >= 15 is 0 Å². The Morgan fingerprint density at radius 3 is 3.00 bits per heavy atom. The zero-order chi connectivity index (χ0) is 13.1. The topological polar surface area (TPSA) is 63.9 Å². The van der Waals surface area contributed by atoms with Crippen molar-refractivity contribution in [3.63, 3.8) is 0 Å². The van der Waals surface area contributed by atoms with Crippen molar-refractivity contribution in [1.29, 1.82) is 0 Å². The van der Waals surface area contributed by atoms with Gasteiger partial charge in [-0.25, -0.2) is 4.98 Å². The molecule has 0 spiro atoms. The molecule has 98 valence electrons. The molecule has 3 rings (SSSR count). The molecule has 0 saturated carbocycles. The molecule has 19 heavy (non-hydrogen) atoms. The van der Waals surface area contributed by atoms with Crippen LogP contribution >= 0.6 is 0 Å². The highest BCUT2D eigenvalue weighted by Crippen LogP contribution is 2.21. The zero-order valence-corrected chi connectivity index (χ0v) is 10.5. The van der Waals surface area contributed by atoms with E-state index in [-0.39, 0.29) is 11.9 Å². The number of rotatable bonds is 2. The van der Waals surface area contributed by atoms with E-state index in [1.807, 2.05) is 21.8 Å². The van der Waals surface area contributed by atoms with E-state index in [1.165, 1.54) is 6.20 Å². The van der Waals surface area contributed by atoms with Crippen molar-refractivity contribution in [2.45, 2.75) is 18.9 Å². The van der Waals surface area contributed by atoms with Gasteiger partial charge in [-0.15, -0.1) is 0 Å². The lowest BCUT2D eigenvalue weighted by Gasteiger charge is -2.32. The van der Waals surface area contributed by atoms with Crippen LogP contribution in [0, 0.1) is 0 Å². The molecule has 6 heteroatoms. The molecule has 1 amide bonds. The maximum atomic E-state index is 12.3. The molecular weight excluding hydrogens is 242 g/mol. The lowest BCUT2D eigenvalue weighted by atomic mass is 10.1. The molecular formula is C13H15N5O. The van der Waals surface area contributed by atoms with Gasteiger partial charge in [0.15, 0.2) is 0 Å². The lowest BCUT2D eigenvalue weighted by Crippen LogP contribution is -2.41. The number of hydrogen-bond acceptors (Lipinski definition) is 4. The molecule has 0 aliphatic carbocycles. The van der Waals surface area contributed by atoms with E-state index in [0.717, 1.165) is 19.4 Å². The molecule has 6 nitrogen and oxygen atoms in total. The summed E-state index contributed by atoms with van der Waals surface area (Å²) in [6.45, 7) is 1.45. The Morgan fingerprint density at radius 2 is 2.26 bits per heavy atom. The Labute approximate surface area is 111 Å². The summed E-state index contributed by atoms with van der Waals surface area (Å²) in [5.41, 5.74) is 0.406. The number of hydrogen-bond donors (Lipinski definition) is 0. The smallest absolute Gasteiger partial charge is 0.274 e. The summed E-state index contributed by atoms with van der Waals surface area (Å²) in [4.78, 5) is 22.1. The monoisotopic (exact) mass is 257 g/mol. The minimum atomic E-state index is -0.0510. The van der Waals surface area contributed by atoms with Crippen LogP contribution in [0.2, 0.25) is 0 Å². The zero-order valence-electron chi connectivity index (χ0n) is 10.5. The second-order valence-electron chi connectivity index (χ2n) is 4.62. The molecule has 3 heterocycles. The van der Waals surface area contributed by atoms with Gasteiger partial charge in [0.1, 0.15) is 5.69 Å². The Hall–Kier alpha value is -2.24. The fourth-order valence-electron chi connectivity index (χ4n) is 2.42. The van der Waals surface area contributed by atoms with Crippen LogP contribution in [0.25, 0.3) is 0 Å². The molecule has 0 aromatic carbocycles. The minimum Gasteiger partial charge on any atom is -0.335 e. The van der Waals surface area contributed by atoms with E-state index < -0.39 is 0 Å². The second-order valence-corrected chi connectivity index (χ2v) is 4.62. The fraction of sp³-hybridized carbons (Fsp3) is 0.385. The number of aromatic nitrogens is 4. The molecule has 1 unspecified atom stereocenters. The third-order valence-corrected chi connectivity index (χ3v) is 3.37. The van der Waals surface area contributed by atoms with Gasteiger partial charge in [0.2, 0.25) is 0 Å². The van der Waals surface area contributed by atoms with E-state index in [4.69, 9.17) is 0 Å². The van der Waals surface area contributed by atoms with E-state index in [2.05, 4.69) is 15.1 Å². The number of amides is 1. The second kappa shape index (κ2) is 5.17. The SMILES string of the molecule is O=C(c1cnccn1)N1CCCC(n2cccn2)C1. The third-order valence-electron chi connectivity index (χ3n) is 3.37. The molecule has 2 aromatic heterocycles. The highest BCUT2D eigenvalue weighted by atomic mass is 16.2. The summed E-state index contributed by atoms with van der Waals surface area (Å²) in [6.07, 6.45) is 10.4. The summed E-state index contributed by atoms with van der Waals surface area (Å²) in [5.74, 6) is -0.0510. The van der Waals surface area contributed by atoms with Crippen LogP contribution in [0.1, 0.15) is 29.4 Å². The normalized spacial score (nSPS) is 19.4. The van der Waals surface area contributed by atoms with Crippen molar-refractivity contribution in [2.75, 3.05) is 13.1 Å². The number of piperidine rings is 1. The first-order valence-corrected chi connectivity index (χ1v) is 6.39. The quantitative estimate of drug-likeness (QED) is 0.809. The van der Waals surface area contributed by atoms with Crippen LogP contribution in [0.3, 0.4) is 0 Å². The molecule has 0 N–H and O–H groups in total. The van der Waals surface area contributed by atoms with Gasteiger partial charge in [-0.2, -0.15) is 5.10 Å². The summed E-state index contributed by atoms with van der Waals surface area (Å²) in [5, 5.41) is 4.26. The summed E-state index contributed by atoms with van der Waals surface area (Å²) in [6, 6.07) is 2.16. The molecule has 1 saturated heterocycles. The highest BCUT2D eigenvalue weighted by molar-refractivity contribution is 5.92. The van der Waals surface area contributed by atoms with Gasteiger partial charge in [-0.05, 0) is 18.9 Å². The first-order chi connectivity index (χ1) is 9.34. The van der Waals surface area contributed by atoms with Gasteiger partial charge in [0.05, 0.1) is 12.2 Å². The highest BCUT2D eigenvalue weighted by Gasteiger charge is 2.26. The average Bonchev–Trinajstić information content (AvgIpc) is 3.02. The summed E-state index contributed by atoms with van der Waals surface area (Å²) in [7, 11) is 0. The van der Waals surface area contributed by atoms with Gasteiger partial charge in [0.25, 0.3) is 5.91 Å². The van der Waals surface area contributed by atoms with E-state index in [1.54, 1.807) is 18.6 Å². The first-order valence-electron chi connectivity index (χ1n) is 6.39. The number of carbonyl (C=O) groups excluding carboxylic acids is 1. The fourth-order valence-corrected chi connectivity index (χ4v) is 2.42. The van der Waals surface area contributed by atoms with E-state index in [9.17, 15) is 4.79 Å². The standard InChI is InChI=1S/C13H15N5O/c19-13(12-9-14-5-6-15-12)17-7-1-3-11(10-17)18-8-2-4-16-18/h2,4-6,8-9,11H,1,3,7,10H2. The van der Waals surface area contributed by atoms with Crippen LogP contribution in [0.4, 0.5) is 0 Å². The van der Waals surface area contributed by atoms with Crippen LogP contribution in [-0.4, -0.2) is 43.6 Å². The maximum Gasteiger partial charge on any atom is 0.274 e. The lowest BCUT2D eigenvalue weighted by molar-refractivity contribution is 0.0666. The number of likely N-dealkylation sites (tertiary alicyclic amines) is 1. The molecule has 2 aromatic rings. The van der Waals surface area contributed by atoms with Gasteiger partial charge < -0.3 is 4.90 Å². The predicted molar refractivity (Wildman–Crippen MR) is 68.4 cm³/mol. The Balaban J connectivity index is 1.73. The molecule has 0 bridgehead atoms. The van der Waals surface area contributed by atoms with Crippen LogP contribution < -0.4 is 0 Å². The van der Waals surface area contributed by atoms with Gasteiger partial charge in [-0.1, -0.05) is 0 Å². The average molecular weight is 257 g/mol. The molecule has 0 radical (unpaired) electrons. The molecule has 1 atom stereocenters. The third kappa shape index (κ3) is 2.47. The number of nitrogens with zero attached hydrogens (tertiary/aromatic N) is 5. The van der Waals surface area contributed by atoms with Gasteiger partial charge >= 0.3 is 0 Å². The van der Waals surface area contributed by atoms with Crippen molar-refractivity contribution in [2.24, 2.45) is 0 Å². The van der Waals surface area contributed by atoms with Crippen molar-refractivity contribution >= 4 is 5.91 Å². The first kappa shape index (κ1) is 11.8. The Kier molecular flexibility index (Phi) is 3.22. The number of carbonyl (C=O) groups is 1. The maximum absolute atomic E-state index is 12.3. The van der Waals surface area contributed by atoms with Crippen LogP contribution in [0.15, 0.2) is 37.1 Å². The van der Waals surface area contributed by atoms with Gasteiger partial charge in [-0.3, -0.25) is 14.5 Å². The van der Waals surface area contributed by atoms with E-state index in [0.29, 0.717) is 12.2 Å². The van der Waals surface area contributed by atoms with Crippen molar-refractivity contribution in [3.05, 3.63) is 42.7 Å². The van der Waals surface area contributed by atoms with Crippen molar-refractivity contribution in [1.82, 2.24) is 24.6 Å². The summed E-state index contributed by atoms with van der Waals surface area (Å²) < 4.78 is 1.93. The van der Waals surface area contributed by atoms with Gasteiger partial charge in [0, 0.05) is 37.9 Å². The Bertz CT molecular complexity index is 539. The predicted octanol–water partition coefficient (Wildman–Crippen LogP) is 1.15. The minimum absolute atomic E-state index is 0.0510. The van der Waals surface area contributed by atoms with Crippen LogP contribution in [0.5, 0.6) is 0 Å².